The molecule has 0 N–H and O–H groups in total. The lowest BCUT2D eigenvalue weighted by Gasteiger charge is -1.93. The maximum atomic E-state index is 4.56. The monoisotopic (exact) mass is 298 g/mol. The summed E-state index contributed by atoms with van der Waals surface area (Å²) in [5.41, 5.74) is 1.61. The van der Waals surface area contributed by atoms with Gasteiger partial charge in [0.2, 0.25) is 10.8 Å². The number of hydrogen-bond acceptors (Lipinski definition) is 7. The SMILES string of the molecule is CCn1cc(-c2nn3c(-c4cnccn4)nnc3s2)cn1. The van der Waals surface area contributed by atoms with E-state index in [4.69, 9.17) is 0 Å². The standard InChI is InChI=1S/C12H10N8S/c1-2-19-7-8(5-15-19)11-18-20-10(16-17-12(20)21-11)9-6-13-3-4-14-9/h3-7H,2H2,1H3. The molecule has 0 atom stereocenters. The van der Waals surface area contributed by atoms with Crippen LogP contribution in [0.5, 0.6) is 0 Å². The maximum absolute atomic E-state index is 4.56. The average Bonchev–Trinajstić information content (AvgIpc) is 3.22. The van der Waals surface area contributed by atoms with Crippen LogP contribution in [-0.2, 0) is 6.54 Å². The van der Waals surface area contributed by atoms with Gasteiger partial charge in [0.15, 0.2) is 5.01 Å². The zero-order valence-electron chi connectivity index (χ0n) is 11.1. The molecule has 4 heterocycles. The smallest absolute Gasteiger partial charge is 0.235 e. The van der Waals surface area contributed by atoms with Crippen molar-refractivity contribution in [3.63, 3.8) is 0 Å². The van der Waals surface area contributed by atoms with Gasteiger partial charge in [-0.25, -0.2) is 4.98 Å². The van der Waals surface area contributed by atoms with Gasteiger partial charge in [-0.15, -0.1) is 10.2 Å². The predicted octanol–water partition coefficient (Wildman–Crippen LogP) is 1.53. The van der Waals surface area contributed by atoms with Gasteiger partial charge >= 0.3 is 0 Å². The van der Waals surface area contributed by atoms with Crippen LogP contribution in [0.25, 0.3) is 27.1 Å². The van der Waals surface area contributed by atoms with Crippen LogP contribution < -0.4 is 0 Å². The Morgan fingerprint density at radius 1 is 1.19 bits per heavy atom. The summed E-state index contributed by atoms with van der Waals surface area (Å²) in [6.45, 7) is 2.87. The molecule has 4 rings (SSSR count). The van der Waals surface area contributed by atoms with Crippen molar-refractivity contribution in [1.29, 1.82) is 0 Å². The molecule has 0 saturated heterocycles. The van der Waals surface area contributed by atoms with E-state index < -0.39 is 0 Å². The minimum atomic E-state index is 0.587. The zero-order chi connectivity index (χ0) is 14.2. The molecule has 104 valence electrons. The summed E-state index contributed by atoms with van der Waals surface area (Å²) >= 11 is 1.47. The van der Waals surface area contributed by atoms with Crippen LogP contribution in [0.1, 0.15) is 6.92 Å². The lowest BCUT2D eigenvalue weighted by molar-refractivity contribution is 0.660. The van der Waals surface area contributed by atoms with Crippen molar-refractivity contribution < 1.29 is 0 Å². The molecule has 0 radical (unpaired) electrons. The van der Waals surface area contributed by atoms with Crippen molar-refractivity contribution in [1.82, 2.24) is 39.6 Å². The molecule has 0 aromatic carbocycles. The second-order valence-corrected chi connectivity index (χ2v) is 5.26. The highest BCUT2D eigenvalue weighted by Gasteiger charge is 2.16. The van der Waals surface area contributed by atoms with E-state index in [1.165, 1.54) is 11.3 Å². The summed E-state index contributed by atoms with van der Waals surface area (Å²) in [6, 6.07) is 0. The van der Waals surface area contributed by atoms with Gasteiger partial charge in [0.05, 0.1) is 18.0 Å². The number of nitrogens with zero attached hydrogens (tertiary/aromatic N) is 8. The van der Waals surface area contributed by atoms with Crippen LogP contribution in [0.4, 0.5) is 0 Å². The summed E-state index contributed by atoms with van der Waals surface area (Å²) in [7, 11) is 0. The normalized spacial score (nSPS) is 11.3. The second kappa shape index (κ2) is 4.70. The Balaban J connectivity index is 1.82. The Kier molecular flexibility index (Phi) is 2.71. The molecule has 0 fully saturated rings. The topological polar surface area (TPSA) is 86.7 Å². The van der Waals surface area contributed by atoms with Gasteiger partial charge in [-0.2, -0.15) is 14.7 Å². The van der Waals surface area contributed by atoms with Crippen molar-refractivity contribution in [2.24, 2.45) is 0 Å². The van der Waals surface area contributed by atoms with Crippen molar-refractivity contribution in [2.45, 2.75) is 13.5 Å². The largest absolute Gasteiger partial charge is 0.272 e. The first-order valence-corrected chi connectivity index (χ1v) is 7.18. The van der Waals surface area contributed by atoms with Gasteiger partial charge in [-0.05, 0) is 6.92 Å². The molecule has 0 aliphatic heterocycles. The maximum Gasteiger partial charge on any atom is 0.235 e. The quantitative estimate of drug-likeness (QED) is 0.570. The number of aryl methyl sites for hydroxylation is 1. The van der Waals surface area contributed by atoms with Gasteiger partial charge < -0.3 is 0 Å². The number of fused-ring (bicyclic) bond motifs is 1. The van der Waals surface area contributed by atoms with E-state index in [9.17, 15) is 0 Å². The molecule has 0 aliphatic rings. The molecule has 9 heteroatoms. The number of aromatic nitrogens is 8. The first-order valence-electron chi connectivity index (χ1n) is 6.36. The molecular formula is C12H10N8S. The average molecular weight is 298 g/mol. The summed E-state index contributed by atoms with van der Waals surface area (Å²) < 4.78 is 3.55. The lowest BCUT2D eigenvalue weighted by atomic mass is 10.4. The second-order valence-electron chi connectivity index (χ2n) is 4.30. The van der Waals surface area contributed by atoms with Gasteiger partial charge in [-0.1, -0.05) is 11.3 Å². The van der Waals surface area contributed by atoms with Gasteiger partial charge in [-0.3, -0.25) is 9.67 Å². The minimum Gasteiger partial charge on any atom is -0.272 e. The van der Waals surface area contributed by atoms with E-state index in [-0.39, 0.29) is 0 Å². The summed E-state index contributed by atoms with van der Waals surface area (Å²) in [4.78, 5) is 9.00. The molecule has 4 aromatic heterocycles. The van der Waals surface area contributed by atoms with E-state index in [1.54, 1.807) is 29.3 Å². The minimum absolute atomic E-state index is 0.587. The van der Waals surface area contributed by atoms with Crippen LogP contribution in [0.2, 0.25) is 0 Å². The van der Waals surface area contributed by atoms with Gasteiger partial charge in [0, 0.05) is 25.1 Å². The molecule has 0 amide bonds. The molecule has 8 nitrogen and oxygen atoms in total. The van der Waals surface area contributed by atoms with Crippen LogP contribution in [0, 0.1) is 0 Å². The third-order valence-corrected chi connectivity index (χ3v) is 3.94. The van der Waals surface area contributed by atoms with Gasteiger partial charge in [0.25, 0.3) is 0 Å². The van der Waals surface area contributed by atoms with E-state index in [0.717, 1.165) is 22.1 Å². The van der Waals surface area contributed by atoms with Crippen molar-refractivity contribution in [3.05, 3.63) is 31.0 Å². The highest BCUT2D eigenvalue weighted by atomic mass is 32.1. The number of hydrogen-bond donors (Lipinski definition) is 0. The Hall–Kier alpha value is -2.68. The summed E-state index contributed by atoms with van der Waals surface area (Å²) in [5.74, 6) is 0.587. The Morgan fingerprint density at radius 3 is 2.90 bits per heavy atom. The molecule has 0 bridgehead atoms. The number of rotatable bonds is 3. The van der Waals surface area contributed by atoms with E-state index in [1.807, 2.05) is 17.8 Å². The van der Waals surface area contributed by atoms with Gasteiger partial charge in [0.1, 0.15) is 5.69 Å². The Labute approximate surface area is 123 Å². The van der Waals surface area contributed by atoms with Crippen LogP contribution >= 0.6 is 11.3 Å². The summed E-state index contributed by atoms with van der Waals surface area (Å²) in [5, 5.41) is 17.9. The van der Waals surface area contributed by atoms with E-state index in [2.05, 4.69) is 30.4 Å². The highest BCUT2D eigenvalue weighted by molar-refractivity contribution is 7.19. The first kappa shape index (κ1) is 12.1. The fourth-order valence-electron chi connectivity index (χ4n) is 1.95. The fraction of sp³-hybridized carbons (Fsp3) is 0.167. The molecule has 4 aromatic rings. The zero-order valence-corrected chi connectivity index (χ0v) is 11.9. The van der Waals surface area contributed by atoms with Crippen molar-refractivity contribution >= 4 is 16.3 Å². The Morgan fingerprint density at radius 2 is 2.14 bits per heavy atom. The predicted molar refractivity (Wildman–Crippen MR) is 76.6 cm³/mol. The molecule has 21 heavy (non-hydrogen) atoms. The van der Waals surface area contributed by atoms with Crippen molar-refractivity contribution in [2.75, 3.05) is 0 Å². The van der Waals surface area contributed by atoms with Crippen LogP contribution in [0.15, 0.2) is 31.0 Å². The molecule has 0 spiro atoms. The van der Waals surface area contributed by atoms with E-state index >= 15 is 0 Å². The van der Waals surface area contributed by atoms with Crippen LogP contribution in [0.3, 0.4) is 0 Å². The third-order valence-electron chi connectivity index (χ3n) is 2.99. The first-order chi connectivity index (χ1) is 10.3. The molecule has 0 saturated carbocycles. The lowest BCUT2D eigenvalue weighted by Crippen LogP contribution is -1.93. The third kappa shape index (κ3) is 1.98. The molecule has 0 unspecified atom stereocenters. The Bertz CT molecular complexity index is 890. The molecule has 0 aliphatic carbocycles. The fourth-order valence-corrected chi connectivity index (χ4v) is 2.77. The van der Waals surface area contributed by atoms with E-state index in [0.29, 0.717) is 11.5 Å². The van der Waals surface area contributed by atoms with Crippen molar-refractivity contribution in [3.8, 4) is 22.1 Å². The molecular weight excluding hydrogens is 288 g/mol. The van der Waals surface area contributed by atoms with Crippen LogP contribution in [-0.4, -0.2) is 39.6 Å². The highest BCUT2D eigenvalue weighted by Crippen LogP contribution is 2.26. The summed E-state index contributed by atoms with van der Waals surface area (Å²) in [6.07, 6.45) is 8.65.